The maximum absolute atomic E-state index is 12.4. The van der Waals surface area contributed by atoms with Gasteiger partial charge in [0.2, 0.25) is 11.8 Å². The number of methoxy groups -OCH3 is 1. The fraction of sp³-hybridized carbons (Fsp3) is 0.300. The first kappa shape index (κ1) is 17.8. The lowest BCUT2D eigenvalue weighted by Crippen LogP contribution is -2.20. The molecule has 6 heteroatoms. The van der Waals surface area contributed by atoms with Crippen molar-refractivity contribution in [2.45, 2.75) is 13.3 Å². The van der Waals surface area contributed by atoms with E-state index in [1.807, 2.05) is 19.1 Å². The molecule has 26 heavy (non-hydrogen) atoms. The summed E-state index contributed by atoms with van der Waals surface area (Å²) in [5.74, 6) is 0.419. The van der Waals surface area contributed by atoms with Gasteiger partial charge in [-0.05, 0) is 49.7 Å². The Bertz CT molecular complexity index is 789. The Kier molecular flexibility index (Phi) is 5.41. The molecular formula is C20H22N2O4. The zero-order chi connectivity index (χ0) is 18.5. The van der Waals surface area contributed by atoms with Gasteiger partial charge in [0.25, 0.3) is 0 Å². The van der Waals surface area contributed by atoms with Crippen LogP contribution in [0.4, 0.5) is 11.4 Å². The number of ether oxygens (including phenoxy) is 2. The monoisotopic (exact) mass is 354 g/mol. The van der Waals surface area contributed by atoms with Crippen LogP contribution in [0, 0.1) is 11.8 Å². The molecule has 2 N–H and O–H groups in total. The number of nitrogens with one attached hydrogen (secondary N) is 2. The number of carbonyl (C=O) groups excluding carboxylic acids is 2. The van der Waals surface area contributed by atoms with E-state index >= 15 is 0 Å². The summed E-state index contributed by atoms with van der Waals surface area (Å²) < 4.78 is 10.6. The van der Waals surface area contributed by atoms with Crippen molar-refractivity contribution in [1.82, 2.24) is 0 Å². The molecule has 1 aliphatic carbocycles. The molecule has 0 saturated heterocycles. The highest BCUT2D eigenvalue weighted by Gasteiger charge is 2.48. The molecule has 0 heterocycles. The first-order valence-corrected chi connectivity index (χ1v) is 8.60. The van der Waals surface area contributed by atoms with E-state index in [1.54, 1.807) is 43.5 Å². The van der Waals surface area contributed by atoms with Crippen LogP contribution in [0.2, 0.25) is 0 Å². The largest absolute Gasteiger partial charge is 0.497 e. The minimum Gasteiger partial charge on any atom is -0.497 e. The first-order chi connectivity index (χ1) is 12.6. The van der Waals surface area contributed by atoms with Crippen LogP contribution in [-0.2, 0) is 9.59 Å². The summed E-state index contributed by atoms with van der Waals surface area (Å²) in [6.07, 6.45) is 0.546. The van der Waals surface area contributed by atoms with Crippen molar-refractivity contribution in [2.24, 2.45) is 11.8 Å². The first-order valence-electron chi connectivity index (χ1n) is 8.60. The number of anilines is 2. The fourth-order valence-electron chi connectivity index (χ4n) is 2.76. The number of rotatable bonds is 7. The molecule has 6 nitrogen and oxygen atoms in total. The summed E-state index contributed by atoms with van der Waals surface area (Å²) in [6.45, 7) is 2.40. The van der Waals surface area contributed by atoms with Crippen molar-refractivity contribution in [3.63, 3.8) is 0 Å². The van der Waals surface area contributed by atoms with Crippen LogP contribution in [0.5, 0.6) is 11.5 Å². The molecule has 0 bridgehead atoms. The topological polar surface area (TPSA) is 76.7 Å². The second-order valence-electron chi connectivity index (χ2n) is 6.08. The fourth-order valence-corrected chi connectivity index (χ4v) is 2.76. The number of carbonyl (C=O) groups is 2. The number of para-hydroxylation sites is 2. The lowest BCUT2D eigenvalue weighted by atomic mass is 10.2. The molecule has 1 aliphatic rings. The van der Waals surface area contributed by atoms with Crippen LogP contribution in [0.15, 0.2) is 48.5 Å². The Morgan fingerprint density at radius 3 is 2.31 bits per heavy atom. The number of hydrogen-bond donors (Lipinski definition) is 2. The van der Waals surface area contributed by atoms with Crippen LogP contribution in [0.25, 0.3) is 0 Å². The van der Waals surface area contributed by atoms with E-state index in [1.165, 1.54) is 0 Å². The van der Waals surface area contributed by atoms with Crippen molar-refractivity contribution in [3.8, 4) is 11.5 Å². The predicted molar refractivity (Wildman–Crippen MR) is 99.5 cm³/mol. The summed E-state index contributed by atoms with van der Waals surface area (Å²) in [6, 6.07) is 14.4. The lowest BCUT2D eigenvalue weighted by molar-refractivity contribution is -0.122. The van der Waals surface area contributed by atoms with E-state index in [9.17, 15) is 9.59 Å². The maximum Gasteiger partial charge on any atom is 0.228 e. The number of hydrogen-bond acceptors (Lipinski definition) is 4. The third-order valence-corrected chi connectivity index (χ3v) is 4.27. The van der Waals surface area contributed by atoms with Gasteiger partial charge in [-0.3, -0.25) is 9.59 Å². The van der Waals surface area contributed by atoms with Gasteiger partial charge in [0, 0.05) is 5.69 Å². The van der Waals surface area contributed by atoms with Gasteiger partial charge in [-0.25, -0.2) is 0 Å². The molecule has 136 valence electrons. The highest BCUT2D eigenvalue weighted by atomic mass is 16.5. The molecule has 2 amide bonds. The van der Waals surface area contributed by atoms with Crippen LogP contribution >= 0.6 is 0 Å². The van der Waals surface area contributed by atoms with Gasteiger partial charge in [0.05, 0.1) is 31.2 Å². The molecule has 2 aromatic carbocycles. The summed E-state index contributed by atoms with van der Waals surface area (Å²) in [7, 11) is 1.59. The second kappa shape index (κ2) is 7.91. The van der Waals surface area contributed by atoms with Gasteiger partial charge in [-0.15, -0.1) is 0 Å². The molecule has 0 spiro atoms. The van der Waals surface area contributed by atoms with E-state index in [0.717, 1.165) is 5.75 Å². The van der Waals surface area contributed by atoms with E-state index in [2.05, 4.69) is 10.6 Å². The molecular weight excluding hydrogens is 332 g/mol. The third-order valence-electron chi connectivity index (χ3n) is 4.27. The number of amides is 2. The Labute approximate surface area is 152 Å². The Hall–Kier alpha value is -3.02. The zero-order valence-electron chi connectivity index (χ0n) is 14.8. The molecule has 1 fully saturated rings. The standard InChI is InChI=1S/C20H22N2O4/c1-3-26-18-7-5-4-6-17(18)22-20(24)16-12-15(16)19(23)21-13-8-10-14(25-2)11-9-13/h4-11,15-16H,3,12H2,1-2H3,(H,21,23)(H,22,24). The Morgan fingerprint density at radius 1 is 1.00 bits per heavy atom. The Balaban J connectivity index is 1.55. The maximum atomic E-state index is 12.4. The van der Waals surface area contributed by atoms with Gasteiger partial charge >= 0.3 is 0 Å². The molecule has 3 rings (SSSR count). The second-order valence-corrected chi connectivity index (χ2v) is 6.08. The smallest absolute Gasteiger partial charge is 0.228 e. The van der Waals surface area contributed by atoms with E-state index in [0.29, 0.717) is 30.2 Å². The van der Waals surface area contributed by atoms with Gasteiger partial charge in [0.15, 0.2) is 0 Å². The summed E-state index contributed by atoms with van der Waals surface area (Å²) in [4.78, 5) is 24.7. The molecule has 2 aromatic rings. The zero-order valence-corrected chi connectivity index (χ0v) is 14.8. The molecule has 2 unspecified atom stereocenters. The van der Waals surface area contributed by atoms with Crippen LogP contribution in [-0.4, -0.2) is 25.5 Å². The molecule has 0 radical (unpaired) electrons. The molecule has 1 saturated carbocycles. The van der Waals surface area contributed by atoms with E-state index in [4.69, 9.17) is 9.47 Å². The molecule has 2 atom stereocenters. The predicted octanol–water partition coefficient (Wildman–Crippen LogP) is 3.31. The average molecular weight is 354 g/mol. The SMILES string of the molecule is CCOc1ccccc1NC(=O)C1CC1C(=O)Nc1ccc(OC)cc1. The number of benzene rings is 2. The van der Waals surface area contributed by atoms with Crippen molar-refractivity contribution < 1.29 is 19.1 Å². The van der Waals surface area contributed by atoms with Gasteiger partial charge in [0.1, 0.15) is 11.5 Å². The summed E-state index contributed by atoms with van der Waals surface area (Å²) in [5.41, 5.74) is 1.31. The average Bonchev–Trinajstić information content (AvgIpc) is 3.45. The molecule has 0 aliphatic heterocycles. The highest BCUT2D eigenvalue weighted by molar-refractivity contribution is 6.03. The van der Waals surface area contributed by atoms with E-state index < -0.39 is 0 Å². The summed E-state index contributed by atoms with van der Waals surface area (Å²) >= 11 is 0. The van der Waals surface area contributed by atoms with Crippen LogP contribution in [0.3, 0.4) is 0 Å². The van der Waals surface area contributed by atoms with E-state index in [-0.39, 0.29) is 23.7 Å². The normalized spacial score (nSPS) is 17.9. The molecule has 0 aromatic heterocycles. The third kappa shape index (κ3) is 4.14. The quantitative estimate of drug-likeness (QED) is 0.800. The minimum atomic E-state index is -0.317. The van der Waals surface area contributed by atoms with Gasteiger partial charge in [-0.2, -0.15) is 0 Å². The highest BCUT2D eigenvalue weighted by Crippen LogP contribution is 2.41. The van der Waals surface area contributed by atoms with Crippen molar-refractivity contribution in [3.05, 3.63) is 48.5 Å². The van der Waals surface area contributed by atoms with Gasteiger partial charge < -0.3 is 20.1 Å². The minimum absolute atomic E-state index is 0.145. The van der Waals surface area contributed by atoms with Crippen LogP contribution in [0.1, 0.15) is 13.3 Å². The van der Waals surface area contributed by atoms with Crippen molar-refractivity contribution in [1.29, 1.82) is 0 Å². The van der Waals surface area contributed by atoms with Crippen LogP contribution < -0.4 is 20.1 Å². The summed E-state index contributed by atoms with van der Waals surface area (Å²) in [5, 5.41) is 5.70. The van der Waals surface area contributed by atoms with Crippen molar-refractivity contribution >= 4 is 23.2 Å². The van der Waals surface area contributed by atoms with Crippen molar-refractivity contribution in [2.75, 3.05) is 24.4 Å². The van der Waals surface area contributed by atoms with Gasteiger partial charge in [-0.1, -0.05) is 12.1 Å². The lowest BCUT2D eigenvalue weighted by Gasteiger charge is -2.11. The Morgan fingerprint density at radius 2 is 1.65 bits per heavy atom.